The number of Topliss-reactive ketones (excluding diaryl/α,β-unsaturated/α-hetero) is 1. The minimum atomic E-state index is -0.863. The summed E-state index contributed by atoms with van der Waals surface area (Å²) in [6.45, 7) is 15.0. The molecule has 4 N–H and O–H groups in total. The lowest BCUT2D eigenvalue weighted by Crippen LogP contribution is -2.55. The summed E-state index contributed by atoms with van der Waals surface area (Å²) in [6.07, 6.45) is 13.7. The zero-order valence-electron chi connectivity index (χ0n) is 28.1. The van der Waals surface area contributed by atoms with E-state index in [1.54, 1.807) is 7.05 Å². The van der Waals surface area contributed by atoms with Gasteiger partial charge < -0.3 is 26.2 Å². The second-order valence-electron chi connectivity index (χ2n) is 11.0. The lowest BCUT2D eigenvalue weighted by molar-refractivity contribution is -0.139. The average molecular weight is 626 g/mol. The zero-order chi connectivity index (χ0) is 34.2. The Balaban J connectivity index is 0.000000769. The van der Waals surface area contributed by atoms with E-state index in [9.17, 15) is 24.0 Å². The topological polar surface area (TPSA) is 137 Å². The fraction of sp³-hybridized carbons (Fsp3) is 0.571. The number of urea groups is 1. The van der Waals surface area contributed by atoms with Gasteiger partial charge in [0.15, 0.2) is 0 Å². The summed E-state index contributed by atoms with van der Waals surface area (Å²) in [5, 5.41) is 10.1. The van der Waals surface area contributed by atoms with Gasteiger partial charge in [0.05, 0.1) is 6.04 Å². The maximum atomic E-state index is 13.0. The van der Waals surface area contributed by atoms with Crippen molar-refractivity contribution in [1.82, 2.24) is 26.2 Å². The van der Waals surface area contributed by atoms with Crippen molar-refractivity contribution in [2.45, 2.75) is 104 Å². The molecule has 5 amide bonds. The van der Waals surface area contributed by atoms with Crippen LogP contribution in [0.1, 0.15) is 84.3 Å². The molecular formula is C35H55N5O5. The first-order valence-corrected chi connectivity index (χ1v) is 16.0. The summed E-state index contributed by atoms with van der Waals surface area (Å²) in [5.74, 6) is 1.08. The van der Waals surface area contributed by atoms with E-state index in [1.165, 1.54) is 30.0 Å². The number of rotatable bonds is 11. The van der Waals surface area contributed by atoms with Gasteiger partial charge in [-0.05, 0) is 56.1 Å². The van der Waals surface area contributed by atoms with E-state index in [2.05, 4.69) is 80.5 Å². The molecule has 0 aromatic heterocycles. The number of benzene rings is 1. The van der Waals surface area contributed by atoms with Crippen LogP contribution in [0.15, 0.2) is 36.9 Å². The molecule has 1 aromatic rings. The van der Waals surface area contributed by atoms with E-state index >= 15 is 0 Å². The molecule has 1 fully saturated rings. The van der Waals surface area contributed by atoms with Crippen molar-refractivity contribution in [3.05, 3.63) is 48.0 Å². The fourth-order valence-electron chi connectivity index (χ4n) is 4.87. The lowest BCUT2D eigenvalue weighted by atomic mass is 9.95. The van der Waals surface area contributed by atoms with E-state index in [4.69, 9.17) is 6.42 Å². The Hall–Kier alpha value is -4.13. The summed E-state index contributed by atoms with van der Waals surface area (Å²) in [7, 11) is 1.58. The number of nitrogens with one attached hydrogen (secondary N) is 4. The van der Waals surface area contributed by atoms with Crippen molar-refractivity contribution in [2.75, 3.05) is 20.1 Å². The van der Waals surface area contributed by atoms with Crippen LogP contribution >= 0.6 is 0 Å². The number of hydrogen-bond acceptors (Lipinski definition) is 5. The van der Waals surface area contributed by atoms with Gasteiger partial charge in [-0.1, -0.05) is 70.9 Å². The van der Waals surface area contributed by atoms with Gasteiger partial charge in [0, 0.05) is 32.6 Å². The molecule has 0 bridgehead atoms. The number of fused-ring (bicyclic) bond motifs is 1. The van der Waals surface area contributed by atoms with Crippen molar-refractivity contribution in [1.29, 1.82) is 0 Å². The molecule has 3 unspecified atom stereocenters. The molecule has 0 spiro atoms. The number of likely N-dealkylation sites (tertiary alicyclic amines) is 1. The number of terminal acetylenes is 1. The number of carbonyl (C=O) groups is 5. The van der Waals surface area contributed by atoms with Crippen LogP contribution < -0.4 is 21.3 Å². The molecule has 0 saturated carbocycles. The molecular weight excluding hydrogens is 570 g/mol. The van der Waals surface area contributed by atoms with E-state index < -0.39 is 23.8 Å². The number of carbonyl (C=O) groups excluding carboxylic acids is 5. The molecule has 3 rings (SSSR count). The number of amides is 5. The summed E-state index contributed by atoms with van der Waals surface area (Å²) in [5.41, 5.74) is 2.59. The molecule has 10 heteroatoms. The Morgan fingerprint density at radius 2 is 1.67 bits per heavy atom. The van der Waals surface area contributed by atoms with Crippen LogP contribution in [0, 0.1) is 18.3 Å². The minimum absolute atomic E-state index is 0.0661. The van der Waals surface area contributed by atoms with Crippen molar-refractivity contribution >= 4 is 30.0 Å². The molecule has 1 aromatic carbocycles. The van der Waals surface area contributed by atoms with Gasteiger partial charge in [-0.2, -0.15) is 0 Å². The second-order valence-corrected chi connectivity index (χ2v) is 11.0. The van der Waals surface area contributed by atoms with Crippen LogP contribution in [0.4, 0.5) is 4.79 Å². The van der Waals surface area contributed by atoms with Crippen LogP contribution in [0.5, 0.6) is 0 Å². The highest BCUT2D eigenvalue weighted by molar-refractivity contribution is 6.38. The van der Waals surface area contributed by atoms with Gasteiger partial charge >= 0.3 is 6.03 Å². The SMILES string of the molecule is C#CCCC(NC=O)C(=O)C(=O)NCC=C.CCC.CCC.CNC(=O)NC(C(=O)N1CCCC1C)C1Cc2ccccc2C1. The molecule has 0 radical (unpaired) electrons. The Morgan fingerprint density at radius 3 is 2.11 bits per heavy atom. The Bertz CT molecular complexity index is 1090. The third-order valence-electron chi connectivity index (χ3n) is 6.96. The predicted octanol–water partition coefficient (Wildman–Crippen LogP) is 3.93. The largest absolute Gasteiger partial charge is 0.348 e. The Labute approximate surface area is 270 Å². The van der Waals surface area contributed by atoms with Crippen LogP contribution in [0.25, 0.3) is 0 Å². The zero-order valence-corrected chi connectivity index (χ0v) is 28.1. The second kappa shape index (κ2) is 24.2. The monoisotopic (exact) mass is 625 g/mol. The smallest absolute Gasteiger partial charge is 0.315 e. The molecule has 1 aliphatic carbocycles. The van der Waals surface area contributed by atoms with Gasteiger partial charge in [0.2, 0.25) is 18.1 Å². The number of nitrogens with zero attached hydrogens (tertiary/aromatic N) is 1. The standard InChI is InChI=1S/C18H25N3O2.C11H14N2O3.2C3H8/c1-12-6-5-9-21(12)17(22)16(20-18(23)19-2)15-10-13-7-3-4-8-14(13)11-15;1-3-5-6-9(13-8-14)10(15)11(16)12-7-4-2;2*1-3-2/h3-4,7-8,12,15-16H,5-6,9-11H2,1-2H3,(H2,19,20,23);1,4,8-9H,2,5-7H2,(H,12,16)(H,13,14);2*3H2,1-2H3. The quantitative estimate of drug-likeness (QED) is 0.128. The van der Waals surface area contributed by atoms with Crippen LogP contribution in [0.3, 0.4) is 0 Å². The molecule has 45 heavy (non-hydrogen) atoms. The van der Waals surface area contributed by atoms with Crippen molar-refractivity contribution in [3.63, 3.8) is 0 Å². The molecule has 1 saturated heterocycles. The van der Waals surface area contributed by atoms with Gasteiger partial charge in [-0.25, -0.2) is 4.79 Å². The van der Waals surface area contributed by atoms with Crippen molar-refractivity contribution < 1.29 is 24.0 Å². The Morgan fingerprint density at radius 1 is 1.09 bits per heavy atom. The van der Waals surface area contributed by atoms with E-state index in [1.807, 2.05) is 17.0 Å². The maximum Gasteiger partial charge on any atom is 0.315 e. The molecule has 3 atom stereocenters. The molecule has 1 aliphatic heterocycles. The highest BCUT2D eigenvalue weighted by atomic mass is 16.2. The highest BCUT2D eigenvalue weighted by Gasteiger charge is 2.38. The predicted molar refractivity (Wildman–Crippen MR) is 180 cm³/mol. The molecule has 2 aliphatic rings. The Kier molecular flexibility index (Phi) is 22.0. The third-order valence-corrected chi connectivity index (χ3v) is 6.96. The average Bonchev–Trinajstić information content (AvgIpc) is 3.67. The molecule has 250 valence electrons. The van der Waals surface area contributed by atoms with Gasteiger partial charge in [-0.15, -0.1) is 18.9 Å². The normalized spacial score (nSPS) is 15.8. The first kappa shape index (κ1) is 40.9. The van der Waals surface area contributed by atoms with Crippen LogP contribution in [-0.4, -0.2) is 73.2 Å². The van der Waals surface area contributed by atoms with Gasteiger partial charge in [0.25, 0.3) is 5.91 Å². The van der Waals surface area contributed by atoms with Crippen LogP contribution in [-0.2, 0) is 32.0 Å². The first-order chi connectivity index (χ1) is 21.6. The van der Waals surface area contributed by atoms with E-state index in [0.717, 1.165) is 32.2 Å². The maximum absolute atomic E-state index is 13.0. The van der Waals surface area contributed by atoms with Gasteiger partial charge in [-0.3, -0.25) is 19.2 Å². The summed E-state index contributed by atoms with van der Waals surface area (Å²) < 4.78 is 0. The van der Waals surface area contributed by atoms with Crippen LogP contribution in [0.2, 0.25) is 0 Å². The number of ketones is 1. The summed E-state index contributed by atoms with van der Waals surface area (Å²) in [4.78, 5) is 59.9. The first-order valence-electron chi connectivity index (χ1n) is 16.0. The van der Waals surface area contributed by atoms with E-state index in [-0.39, 0.29) is 36.9 Å². The summed E-state index contributed by atoms with van der Waals surface area (Å²) in [6, 6.07) is 6.97. The molecule has 1 heterocycles. The minimum Gasteiger partial charge on any atom is -0.348 e. The lowest BCUT2D eigenvalue weighted by Gasteiger charge is -2.30. The summed E-state index contributed by atoms with van der Waals surface area (Å²) >= 11 is 0. The fourth-order valence-corrected chi connectivity index (χ4v) is 4.87. The van der Waals surface area contributed by atoms with Crippen molar-refractivity contribution in [3.8, 4) is 12.3 Å². The number of hydrogen-bond donors (Lipinski definition) is 4. The highest BCUT2D eigenvalue weighted by Crippen LogP contribution is 2.30. The molecule has 10 nitrogen and oxygen atoms in total. The third kappa shape index (κ3) is 14.9. The van der Waals surface area contributed by atoms with E-state index in [0.29, 0.717) is 12.8 Å². The van der Waals surface area contributed by atoms with Crippen molar-refractivity contribution in [2.24, 2.45) is 5.92 Å². The van der Waals surface area contributed by atoms with Gasteiger partial charge in [0.1, 0.15) is 6.04 Å².